The third kappa shape index (κ3) is 6.60. The van der Waals surface area contributed by atoms with Gasteiger partial charge in [0.15, 0.2) is 6.71 Å². The molecule has 7 rings (SSSR count). The van der Waals surface area contributed by atoms with Crippen LogP contribution in [0.3, 0.4) is 0 Å². The van der Waals surface area contributed by atoms with Crippen LogP contribution in [0.15, 0.2) is 113 Å². The third-order valence-corrected chi connectivity index (χ3v) is 8.78. The average molecular weight is 796 g/mol. The fraction of sp³-hybridized carbons (Fsp3) is 0.179. The van der Waals surface area contributed by atoms with E-state index in [1.54, 1.807) is 0 Å². The second-order valence-corrected chi connectivity index (χ2v) is 12.2. The summed E-state index contributed by atoms with van der Waals surface area (Å²) in [6.07, 6.45) is 9.60. The van der Waals surface area contributed by atoms with Crippen molar-refractivity contribution in [3.63, 3.8) is 0 Å². The first kappa shape index (κ1) is 32.6. The molecular weight excluding hydrogens is 758 g/mol. The SMILES string of the molecule is CC1=NN(c2[c-]c(B(c3[c-]c(N4[CH-]N([C@@H]5C=CC=CC5)C(C)=N4)ccc3)c3c(C)cc(C)cc3C)ccc2)[CH-]N1c1ccccc1.[Pt+4]. The molecule has 0 unspecified atom stereocenters. The van der Waals surface area contributed by atoms with Gasteiger partial charge in [0.1, 0.15) is 0 Å². The van der Waals surface area contributed by atoms with Crippen molar-refractivity contribution in [2.24, 2.45) is 10.2 Å². The van der Waals surface area contributed by atoms with E-state index in [4.69, 9.17) is 10.2 Å². The zero-order valence-corrected chi connectivity index (χ0v) is 29.6. The van der Waals surface area contributed by atoms with E-state index < -0.39 is 0 Å². The van der Waals surface area contributed by atoms with Gasteiger partial charge in [-0.05, 0) is 53.2 Å². The molecule has 2 aliphatic heterocycles. The van der Waals surface area contributed by atoms with Gasteiger partial charge in [-0.1, -0.05) is 88.2 Å². The van der Waals surface area contributed by atoms with Gasteiger partial charge in [0, 0.05) is 11.7 Å². The molecule has 4 aromatic carbocycles. The fourth-order valence-electron chi connectivity index (χ4n) is 6.71. The first-order valence-electron chi connectivity index (χ1n) is 15.8. The number of benzene rings is 4. The van der Waals surface area contributed by atoms with Crippen molar-refractivity contribution in [1.29, 1.82) is 0 Å². The molecule has 0 N–H and O–H groups in total. The van der Waals surface area contributed by atoms with E-state index in [0.717, 1.165) is 46.1 Å². The maximum atomic E-state index is 4.91. The summed E-state index contributed by atoms with van der Waals surface area (Å²) in [6, 6.07) is 35.3. The van der Waals surface area contributed by atoms with Crippen LogP contribution >= 0.6 is 0 Å². The van der Waals surface area contributed by atoms with Gasteiger partial charge in [0.25, 0.3) is 0 Å². The van der Waals surface area contributed by atoms with Gasteiger partial charge < -0.3 is 19.8 Å². The van der Waals surface area contributed by atoms with Gasteiger partial charge in [0.05, 0.1) is 11.7 Å². The summed E-state index contributed by atoms with van der Waals surface area (Å²) in [6.45, 7) is 14.7. The minimum absolute atomic E-state index is 0. The summed E-state index contributed by atoms with van der Waals surface area (Å²) in [4.78, 5) is 4.33. The van der Waals surface area contributed by atoms with E-state index >= 15 is 0 Å². The summed E-state index contributed by atoms with van der Waals surface area (Å²) < 4.78 is 0. The second-order valence-electron chi connectivity index (χ2n) is 12.2. The number of hydrazone groups is 2. The van der Waals surface area contributed by atoms with Gasteiger partial charge in [-0.25, -0.2) is 0 Å². The smallest absolute Gasteiger partial charge is 0.483 e. The first-order valence-corrected chi connectivity index (χ1v) is 15.8. The van der Waals surface area contributed by atoms with Gasteiger partial charge >= 0.3 is 21.1 Å². The molecular formula is C39H37BN6Pt. The summed E-state index contributed by atoms with van der Waals surface area (Å²) >= 11 is 0. The Morgan fingerprint density at radius 3 is 1.96 bits per heavy atom. The second kappa shape index (κ2) is 13.8. The standard InChI is InChI=1S/C39H37BN6.Pt/c1-28-22-29(2)39(30(3)23-28)40(33-14-12-20-37(24-33)45-26-43(31(4)41-45)35-16-8-6-9-17-35)34-15-13-21-38(25-34)46-27-44(32(5)42-46)36-18-10-7-11-19-36;/h6-18,20-23,26-27,36H,19H2,1-5H3;/q-4;+4/t36-;/m1./s1. The molecule has 2 heterocycles. The molecule has 47 heavy (non-hydrogen) atoms. The summed E-state index contributed by atoms with van der Waals surface area (Å²) in [5.41, 5.74) is 10.0. The predicted molar refractivity (Wildman–Crippen MR) is 193 cm³/mol. The van der Waals surface area contributed by atoms with Crippen LogP contribution in [0.5, 0.6) is 0 Å². The van der Waals surface area contributed by atoms with Crippen molar-refractivity contribution < 1.29 is 21.1 Å². The topological polar surface area (TPSA) is 37.7 Å². The zero-order chi connectivity index (χ0) is 31.8. The Morgan fingerprint density at radius 2 is 1.34 bits per heavy atom. The Kier molecular flexibility index (Phi) is 9.56. The maximum Gasteiger partial charge on any atom is 4.00 e. The average Bonchev–Trinajstić information content (AvgIpc) is 3.66. The number of rotatable bonds is 7. The Hall–Kier alpha value is -4.35. The van der Waals surface area contributed by atoms with Crippen LogP contribution in [-0.2, 0) is 21.1 Å². The molecule has 0 saturated carbocycles. The monoisotopic (exact) mass is 795 g/mol. The van der Waals surface area contributed by atoms with Crippen molar-refractivity contribution in [1.82, 2.24) is 4.90 Å². The van der Waals surface area contributed by atoms with Gasteiger partial charge in [0.2, 0.25) is 0 Å². The molecule has 6 nitrogen and oxygen atoms in total. The van der Waals surface area contributed by atoms with Crippen molar-refractivity contribution in [2.45, 2.75) is 47.1 Å². The normalized spacial score (nSPS) is 17.2. The van der Waals surface area contributed by atoms with Gasteiger partial charge in [-0.2, -0.15) is 57.5 Å². The number of amidine groups is 2. The van der Waals surface area contributed by atoms with Crippen molar-refractivity contribution >= 4 is 51.8 Å². The number of hydrogen-bond donors (Lipinski definition) is 0. The number of hydrogen-bond acceptors (Lipinski definition) is 6. The predicted octanol–water partition coefficient (Wildman–Crippen LogP) is 5.96. The molecule has 0 saturated heterocycles. The number of anilines is 3. The molecule has 4 aromatic rings. The van der Waals surface area contributed by atoms with Crippen LogP contribution in [-0.4, -0.2) is 29.3 Å². The summed E-state index contributed by atoms with van der Waals surface area (Å²) in [5, 5.41) is 13.6. The first-order chi connectivity index (χ1) is 22.4. The Labute approximate surface area is 294 Å². The minimum Gasteiger partial charge on any atom is -0.483 e. The van der Waals surface area contributed by atoms with Gasteiger partial charge in [-0.15, -0.1) is 25.5 Å². The van der Waals surface area contributed by atoms with Crippen LogP contribution < -0.4 is 31.3 Å². The number of nitrogens with zero attached hydrogens (tertiary/aromatic N) is 6. The van der Waals surface area contributed by atoms with Crippen molar-refractivity contribution in [3.05, 3.63) is 145 Å². The van der Waals surface area contributed by atoms with E-state index in [0.29, 0.717) is 0 Å². The van der Waals surface area contributed by atoms with Crippen LogP contribution in [0, 0.1) is 46.2 Å². The van der Waals surface area contributed by atoms with E-state index in [1.807, 2.05) is 41.8 Å². The van der Waals surface area contributed by atoms with E-state index in [2.05, 4.69) is 141 Å². The molecule has 3 aliphatic rings. The molecule has 236 valence electrons. The number of para-hydroxylation sites is 1. The molecule has 0 aromatic heterocycles. The Balaban J connectivity index is 0.00000386. The Bertz CT molecular complexity index is 1860. The maximum absolute atomic E-state index is 4.91. The molecule has 0 fully saturated rings. The summed E-state index contributed by atoms with van der Waals surface area (Å²) in [7, 11) is 0. The molecule has 1 atom stereocenters. The van der Waals surface area contributed by atoms with Crippen LogP contribution in [0.2, 0.25) is 0 Å². The van der Waals surface area contributed by atoms with Crippen molar-refractivity contribution in [2.75, 3.05) is 14.9 Å². The van der Waals surface area contributed by atoms with Crippen molar-refractivity contribution in [3.8, 4) is 0 Å². The number of aryl methyl sites for hydroxylation is 3. The largest absolute Gasteiger partial charge is 4.00 e. The van der Waals surface area contributed by atoms with Crippen LogP contribution in [0.25, 0.3) is 0 Å². The molecule has 0 radical (unpaired) electrons. The van der Waals surface area contributed by atoms with E-state index in [-0.39, 0.29) is 33.8 Å². The minimum atomic E-state index is -0.0893. The zero-order valence-electron chi connectivity index (χ0n) is 27.3. The third-order valence-electron chi connectivity index (χ3n) is 8.78. The summed E-state index contributed by atoms with van der Waals surface area (Å²) in [5.74, 6) is 1.87. The number of allylic oxidation sites excluding steroid dienone is 2. The Morgan fingerprint density at radius 1 is 0.723 bits per heavy atom. The molecule has 0 bridgehead atoms. The quantitative estimate of drug-likeness (QED) is 0.171. The van der Waals surface area contributed by atoms with Gasteiger partial charge in [-0.3, -0.25) is 0 Å². The fourth-order valence-corrected chi connectivity index (χ4v) is 6.71. The van der Waals surface area contributed by atoms with E-state index in [9.17, 15) is 0 Å². The molecule has 8 heteroatoms. The van der Waals surface area contributed by atoms with Crippen LogP contribution in [0.1, 0.15) is 37.0 Å². The van der Waals surface area contributed by atoms with Crippen LogP contribution in [0.4, 0.5) is 17.1 Å². The van der Waals surface area contributed by atoms with E-state index in [1.165, 1.54) is 22.2 Å². The molecule has 0 amide bonds. The molecule has 0 spiro atoms. The molecule has 1 aliphatic carbocycles.